The first kappa shape index (κ1) is 16.1. The first-order valence-corrected chi connectivity index (χ1v) is 6.31. The average Bonchev–Trinajstić information content (AvgIpc) is 2.56. The normalized spacial score (nSPS) is 15.5. The second-order valence-corrected chi connectivity index (χ2v) is 4.83. The van der Waals surface area contributed by atoms with E-state index in [1.807, 2.05) is 13.8 Å². The summed E-state index contributed by atoms with van der Waals surface area (Å²) in [5, 5.41) is 2.48. The molecule has 1 saturated heterocycles. The molecule has 1 heterocycles. The average molecular weight is 285 g/mol. The molecule has 0 aliphatic carbocycles. The van der Waals surface area contributed by atoms with Gasteiger partial charge < -0.3 is 10.1 Å². The minimum atomic E-state index is -0.961. The molecular weight excluding hydrogens is 266 g/mol. The summed E-state index contributed by atoms with van der Waals surface area (Å²) in [4.78, 5) is 48.4. The predicted molar refractivity (Wildman–Crippen MR) is 68.5 cm³/mol. The van der Waals surface area contributed by atoms with Gasteiger partial charge in [-0.3, -0.25) is 19.3 Å². The molecule has 8 heteroatoms. The van der Waals surface area contributed by atoms with Crippen molar-refractivity contribution < 1.29 is 23.9 Å². The summed E-state index contributed by atoms with van der Waals surface area (Å²) < 4.78 is 4.76. The van der Waals surface area contributed by atoms with Crippen LogP contribution in [-0.4, -0.2) is 66.9 Å². The van der Waals surface area contributed by atoms with Crippen molar-refractivity contribution in [1.82, 2.24) is 15.1 Å². The molecule has 0 saturated carbocycles. The van der Waals surface area contributed by atoms with Gasteiger partial charge in [0.1, 0.15) is 6.54 Å². The molecule has 112 valence electrons. The Kier molecular flexibility index (Phi) is 5.63. The van der Waals surface area contributed by atoms with E-state index >= 15 is 0 Å². The highest BCUT2D eigenvalue weighted by Gasteiger charge is 2.45. The number of imide groups is 2. The maximum Gasteiger partial charge on any atom is 0.334 e. The fourth-order valence-corrected chi connectivity index (χ4v) is 1.71. The van der Waals surface area contributed by atoms with Crippen molar-refractivity contribution in [2.24, 2.45) is 5.92 Å². The summed E-state index contributed by atoms with van der Waals surface area (Å²) in [6.45, 7) is 3.95. The zero-order valence-electron chi connectivity index (χ0n) is 11.8. The van der Waals surface area contributed by atoms with Crippen molar-refractivity contribution in [1.29, 1.82) is 0 Å². The van der Waals surface area contributed by atoms with Gasteiger partial charge in [0, 0.05) is 20.2 Å². The third kappa shape index (κ3) is 3.77. The van der Waals surface area contributed by atoms with Crippen LogP contribution in [0.15, 0.2) is 0 Å². The number of hydrogen-bond acceptors (Lipinski definition) is 5. The highest BCUT2D eigenvalue weighted by Crippen LogP contribution is 2.13. The number of ether oxygens (including phenoxy) is 1. The van der Waals surface area contributed by atoms with E-state index in [2.05, 4.69) is 5.32 Å². The molecule has 8 nitrogen and oxygen atoms in total. The highest BCUT2D eigenvalue weighted by atomic mass is 16.5. The Morgan fingerprint density at radius 2 is 1.80 bits per heavy atom. The second-order valence-electron chi connectivity index (χ2n) is 4.83. The van der Waals surface area contributed by atoms with Crippen LogP contribution >= 0.6 is 0 Å². The molecule has 0 aromatic carbocycles. The van der Waals surface area contributed by atoms with E-state index in [1.165, 1.54) is 7.11 Å². The Labute approximate surface area is 117 Å². The number of nitrogens with zero attached hydrogens (tertiary/aromatic N) is 2. The van der Waals surface area contributed by atoms with Crippen LogP contribution in [0.25, 0.3) is 0 Å². The van der Waals surface area contributed by atoms with Crippen molar-refractivity contribution in [2.45, 2.75) is 13.8 Å². The third-order valence-corrected chi connectivity index (χ3v) is 2.61. The van der Waals surface area contributed by atoms with Crippen LogP contribution in [-0.2, 0) is 19.1 Å². The van der Waals surface area contributed by atoms with E-state index in [0.717, 1.165) is 4.90 Å². The Hall–Kier alpha value is -1.96. The molecule has 0 aromatic rings. The van der Waals surface area contributed by atoms with Crippen LogP contribution in [0.4, 0.5) is 4.79 Å². The van der Waals surface area contributed by atoms with E-state index in [4.69, 9.17) is 4.74 Å². The van der Waals surface area contributed by atoms with Crippen molar-refractivity contribution in [3.63, 3.8) is 0 Å². The number of urea groups is 1. The standard InChI is InChI=1S/C12H19N3O5/c1-8(2)6-14-10(17)11(18)15(12(14)19)7-9(16)13-4-5-20-3/h8H,4-7H2,1-3H3,(H,13,16). The maximum absolute atomic E-state index is 11.9. The second kappa shape index (κ2) is 6.99. The largest absolute Gasteiger partial charge is 0.383 e. The van der Waals surface area contributed by atoms with Crippen LogP contribution in [0.3, 0.4) is 0 Å². The lowest BCUT2D eigenvalue weighted by atomic mass is 10.2. The summed E-state index contributed by atoms with van der Waals surface area (Å²) in [7, 11) is 1.49. The Morgan fingerprint density at radius 1 is 1.20 bits per heavy atom. The molecule has 5 amide bonds. The molecule has 1 N–H and O–H groups in total. The molecule has 0 radical (unpaired) electrons. The molecular formula is C12H19N3O5. The molecule has 1 fully saturated rings. The molecule has 0 aromatic heterocycles. The van der Waals surface area contributed by atoms with Gasteiger partial charge >= 0.3 is 17.8 Å². The molecule has 1 rings (SSSR count). The molecule has 0 atom stereocenters. The Balaban J connectivity index is 2.62. The fourth-order valence-electron chi connectivity index (χ4n) is 1.71. The van der Waals surface area contributed by atoms with Gasteiger partial charge in [-0.05, 0) is 5.92 Å². The van der Waals surface area contributed by atoms with Crippen molar-refractivity contribution in [2.75, 3.05) is 33.4 Å². The SMILES string of the molecule is COCCNC(=O)CN1C(=O)C(=O)N(CC(C)C)C1=O. The summed E-state index contributed by atoms with van der Waals surface area (Å²) >= 11 is 0. The number of carbonyl (C=O) groups excluding carboxylic acids is 4. The quantitative estimate of drug-likeness (QED) is 0.375. The minimum Gasteiger partial charge on any atom is -0.383 e. The topological polar surface area (TPSA) is 96.0 Å². The predicted octanol–water partition coefficient (Wildman–Crippen LogP) is -0.804. The smallest absolute Gasteiger partial charge is 0.334 e. The number of nitrogens with one attached hydrogen (secondary N) is 1. The lowest BCUT2D eigenvalue weighted by Gasteiger charge is -2.16. The van der Waals surface area contributed by atoms with Crippen LogP contribution in [0.2, 0.25) is 0 Å². The highest BCUT2D eigenvalue weighted by molar-refractivity contribution is 6.45. The zero-order chi connectivity index (χ0) is 15.3. The lowest BCUT2D eigenvalue weighted by Crippen LogP contribution is -2.42. The minimum absolute atomic E-state index is 0.0474. The molecule has 0 bridgehead atoms. The van der Waals surface area contributed by atoms with E-state index in [-0.39, 0.29) is 19.0 Å². The molecule has 0 spiro atoms. The van der Waals surface area contributed by atoms with Crippen molar-refractivity contribution in [3.8, 4) is 0 Å². The number of amides is 5. The molecule has 20 heavy (non-hydrogen) atoms. The molecule has 0 unspecified atom stereocenters. The van der Waals surface area contributed by atoms with Crippen LogP contribution in [0.1, 0.15) is 13.8 Å². The first-order valence-electron chi connectivity index (χ1n) is 6.31. The maximum atomic E-state index is 11.9. The molecule has 1 aliphatic heterocycles. The number of rotatable bonds is 7. The van der Waals surface area contributed by atoms with Gasteiger partial charge in [0.15, 0.2) is 0 Å². The monoisotopic (exact) mass is 285 g/mol. The summed E-state index contributed by atoms with van der Waals surface area (Å²) in [6, 6.07) is -0.740. The van der Waals surface area contributed by atoms with Gasteiger partial charge in [-0.25, -0.2) is 9.69 Å². The number of hydrogen-bond donors (Lipinski definition) is 1. The lowest BCUT2D eigenvalue weighted by molar-refractivity contribution is -0.144. The third-order valence-electron chi connectivity index (χ3n) is 2.61. The number of methoxy groups -OCH3 is 1. The van der Waals surface area contributed by atoms with Gasteiger partial charge in [-0.1, -0.05) is 13.8 Å². The first-order chi connectivity index (χ1) is 9.38. The van der Waals surface area contributed by atoms with Gasteiger partial charge in [-0.2, -0.15) is 0 Å². The van der Waals surface area contributed by atoms with Gasteiger partial charge in [0.2, 0.25) is 5.91 Å². The summed E-state index contributed by atoms with van der Waals surface area (Å²) in [5.74, 6) is -2.31. The summed E-state index contributed by atoms with van der Waals surface area (Å²) in [5.41, 5.74) is 0. The molecule has 1 aliphatic rings. The van der Waals surface area contributed by atoms with Crippen molar-refractivity contribution >= 4 is 23.8 Å². The van der Waals surface area contributed by atoms with E-state index in [1.54, 1.807) is 0 Å². The fraction of sp³-hybridized carbons (Fsp3) is 0.667. The van der Waals surface area contributed by atoms with Gasteiger partial charge in [0.25, 0.3) is 0 Å². The summed E-state index contributed by atoms with van der Waals surface area (Å²) in [6.07, 6.45) is 0. The zero-order valence-corrected chi connectivity index (χ0v) is 11.8. The number of carbonyl (C=O) groups is 4. The Morgan fingerprint density at radius 3 is 2.35 bits per heavy atom. The van der Waals surface area contributed by atoms with Crippen LogP contribution in [0.5, 0.6) is 0 Å². The Bertz CT molecular complexity index is 421. The van der Waals surface area contributed by atoms with Crippen molar-refractivity contribution in [3.05, 3.63) is 0 Å². The van der Waals surface area contributed by atoms with Crippen LogP contribution < -0.4 is 5.32 Å². The van der Waals surface area contributed by atoms with E-state index in [9.17, 15) is 19.2 Å². The van der Waals surface area contributed by atoms with E-state index < -0.39 is 30.3 Å². The van der Waals surface area contributed by atoms with Crippen LogP contribution in [0, 0.1) is 5.92 Å². The van der Waals surface area contributed by atoms with E-state index in [0.29, 0.717) is 11.5 Å². The van der Waals surface area contributed by atoms with Gasteiger partial charge in [-0.15, -0.1) is 0 Å². The van der Waals surface area contributed by atoms with Gasteiger partial charge in [0.05, 0.1) is 6.61 Å².